The minimum atomic E-state index is -0.365. The summed E-state index contributed by atoms with van der Waals surface area (Å²) in [5.41, 5.74) is 1.79. The molecule has 0 radical (unpaired) electrons. The van der Waals surface area contributed by atoms with E-state index in [2.05, 4.69) is 6.58 Å². The summed E-state index contributed by atoms with van der Waals surface area (Å²) < 4.78 is 18.0. The van der Waals surface area contributed by atoms with Crippen LogP contribution in [0.4, 0.5) is 0 Å². The monoisotopic (exact) mass is 486 g/mol. The van der Waals surface area contributed by atoms with Crippen LogP contribution in [0.5, 0.6) is 5.75 Å². The van der Waals surface area contributed by atoms with Crippen LogP contribution < -0.4 is 4.74 Å². The lowest BCUT2D eigenvalue weighted by Gasteiger charge is -2.19. The highest BCUT2D eigenvalue weighted by Gasteiger charge is 2.61. The summed E-state index contributed by atoms with van der Waals surface area (Å²) >= 11 is 5.20. The minimum Gasteiger partial charge on any atom is -0.455 e. The number of hydrogen-bond donors (Lipinski definition) is 0. The average Bonchev–Trinajstić information content (AvgIpc) is 3.09. The highest BCUT2D eigenvalue weighted by molar-refractivity contribution is 7.80. The Hall–Kier alpha value is -2.13. The summed E-state index contributed by atoms with van der Waals surface area (Å²) in [5, 5.41) is 0. The third-order valence-electron chi connectivity index (χ3n) is 6.42. The molecular weight excluding hydrogens is 464 g/mol. The SMILES string of the molecule is C=C1C(=O)O[C@H]2[C@H]1CC/C(C(=O)Oc1ccc(-c3cc(=S)ss3)cc1)=C\CC[C@@]1(C)O[C@@H]21. The van der Waals surface area contributed by atoms with Crippen molar-refractivity contribution in [3.05, 3.63) is 58.0 Å². The molecule has 1 aromatic carbocycles. The lowest BCUT2D eigenvalue weighted by Crippen LogP contribution is -2.29. The molecular formula is C24H22O5S3. The molecule has 0 saturated carbocycles. The van der Waals surface area contributed by atoms with Crippen LogP contribution in [-0.2, 0) is 19.1 Å². The molecule has 1 aromatic heterocycles. The zero-order valence-electron chi connectivity index (χ0n) is 17.5. The Morgan fingerprint density at radius 3 is 2.78 bits per heavy atom. The van der Waals surface area contributed by atoms with Crippen LogP contribution in [-0.4, -0.2) is 29.7 Å². The van der Waals surface area contributed by atoms with Crippen molar-refractivity contribution < 1.29 is 23.8 Å². The van der Waals surface area contributed by atoms with E-state index < -0.39 is 0 Å². The van der Waals surface area contributed by atoms with Crippen LogP contribution in [0.3, 0.4) is 0 Å². The molecule has 0 amide bonds. The smallest absolute Gasteiger partial charge is 0.339 e. The maximum atomic E-state index is 12.9. The molecule has 0 bridgehead atoms. The molecule has 3 heterocycles. The first-order valence-electron chi connectivity index (χ1n) is 10.5. The molecule has 5 rings (SSSR count). The molecule has 2 fully saturated rings. The lowest BCUT2D eigenvalue weighted by molar-refractivity contribution is -0.140. The van der Waals surface area contributed by atoms with Gasteiger partial charge in [0.05, 0.1) is 5.60 Å². The molecule has 3 aliphatic rings. The van der Waals surface area contributed by atoms with Gasteiger partial charge in [0.25, 0.3) is 0 Å². The van der Waals surface area contributed by atoms with Crippen molar-refractivity contribution in [2.45, 2.75) is 50.4 Å². The van der Waals surface area contributed by atoms with Gasteiger partial charge in [-0.2, -0.15) is 0 Å². The summed E-state index contributed by atoms with van der Waals surface area (Å²) in [6.07, 6.45) is 4.06. The van der Waals surface area contributed by atoms with Crippen molar-refractivity contribution in [2.24, 2.45) is 5.92 Å². The first-order chi connectivity index (χ1) is 15.3. The summed E-state index contributed by atoms with van der Waals surface area (Å²) in [5.74, 6) is -0.380. The minimum absolute atomic E-state index is 0.1000. The van der Waals surface area contributed by atoms with Gasteiger partial charge < -0.3 is 14.2 Å². The fourth-order valence-electron chi connectivity index (χ4n) is 4.48. The van der Waals surface area contributed by atoms with Crippen LogP contribution in [0.1, 0.15) is 32.6 Å². The first-order valence-corrected chi connectivity index (χ1v) is 13.1. The Balaban J connectivity index is 1.30. The van der Waals surface area contributed by atoms with Crippen molar-refractivity contribution in [3.63, 3.8) is 0 Å². The average molecular weight is 487 g/mol. The quantitative estimate of drug-likeness (QED) is 0.135. The fourth-order valence-corrected chi connectivity index (χ4v) is 6.88. The van der Waals surface area contributed by atoms with Crippen LogP contribution >= 0.6 is 32.9 Å². The van der Waals surface area contributed by atoms with Gasteiger partial charge in [-0.25, -0.2) is 9.59 Å². The van der Waals surface area contributed by atoms with Crippen molar-refractivity contribution >= 4 is 44.8 Å². The highest BCUT2D eigenvalue weighted by atomic mass is 32.9. The van der Waals surface area contributed by atoms with Gasteiger partial charge in [-0.15, -0.1) is 0 Å². The fraction of sp³-hybridized carbons (Fsp3) is 0.375. The molecule has 32 heavy (non-hydrogen) atoms. The van der Waals surface area contributed by atoms with E-state index in [4.69, 9.17) is 26.4 Å². The van der Waals surface area contributed by atoms with Crippen molar-refractivity contribution in [1.82, 2.24) is 0 Å². The predicted molar refractivity (Wildman–Crippen MR) is 126 cm³/mol. The number of benzene rings is 1. The number of epoxide rings is 1. The van der Waals surface area contributed by atoms with Gasteiger partial charge in [0.15, 0.2) is 0 Å². The Kier molecular flexibility index (Phi) is 5.65. The largest absolute Gasteiger partial charge is 0.455 e. The molecule has 5 nitrogen and oxygen atoms in total. The second-order valence-electron chi connectivity index (χ2n) is 8.57. The molecule has 4 atom stereocenters. The Bertz CT molecular complexity index is 1170. The van der Waals surface area contributed by atoms with Crippen LogP contribution in [0.25, 0.3) is 10.4 Å². The van der Waals surface area contributed by atoms with Gasteiger partial charge in [-0.3, -0.25) is 0 Å². The number of hydrogen-bond acceptors (Lipinski definition) is 8. The molecule has 0 spiro atoms. The summed E-state index contributed by atoms with van der Waals surface area (Å²) in [4.78, 5) is 26.2. The molecule has 2 aliphatic heterocycles. The number of ether oxygens (including phenoxy) is 3. The number of rotatable bonds is 3. The van der Waals surface area contributed by atoms with E-state index in [1.807, 2.05) is 31.2 Å². The second kappa shape index (κ2) is 8.33. The van der Waals surface area contributed by atoms with Gasteiger partial charge in [-0.1, -0.05) is 45.6 Å². The number of fused-ring (bicyclic) bond motifs is 3. The molecule has 166 valence electrons. The van der Waals surface area contributed by atoms with E-state index in [-0.39, 0.29) is 35.7 Å². The summed E-state index contributed by atoms with van der Waals surface area (Å²) in [7, 11) is 3.20. The molecule has 0 unspecified atom stereocenters. The second-order valence-corrected chi connectivity index (χ2v) is 11.5. The molecule has 2 aromatic rings. The molecule has 0 N–H and O–H groups in total. The Labute approximate surface area is 198 Å². The Morgan fingerprint density at radius 1 is 1.28 bits per heavy atom. The summed E-state index contributed by atoms with van der Waals surface area (Å²) in [6.45, 7) is 5.95. The van der Waals surface area contributed by atoms with E-state index in [1.165, 1.54) is 0 Å². The van der Waals surface area contributed by atoms with Gasteiger partial charge in [0.1, 0.15) is 21.8 Å². The molecule has 2 saturated heterocycles. The van der Waals surface area contributed by atoms with E-state index in [1.54, 1.807) is 32.8 Å². The first kappa shape index (κ1) is 21.7. The van der Waals surface area contributed by atoms with Gasteiger partial charge in [0.2, 0.25) is 0 Å². The third kappa shape index (κ3) is 4.12. The van der Waals surface area contributed by atoms with Crippen LogP contribution in [0.2, 0.25) is 0 Å². The highest BCUT2D eigenvalue weighted by Crippen LogP contribution is 2.49. The lowest BCUT2D eigenvalue weighted by atomic mass is 9.84. The third-order valence-corrected chi connectivity index (χ3v) is 9.33. The van der Waals surface area contributed by atoms with Crippen molar-refractivity contribution in [2.75, 3.05) is 0 Å². The number of esters is 2. The van der Waals surface area contributed by atoms with Gasteiger partial charge >= 0.3 is 11.9 Å². The standard InChI is InChI=1S/C24H22O5S3/c1-13-17-10-7-15(4-3-11-24(2)21(29-24)20(17)28-22(13)25)23(26)27-16-8-5-14(6-9-16)18-12-19(30)32-31-18/h4-6,8-9,12,17,20-21H,1,3,7,10-11H2,2H3/b15-4+/t17-,20-,21-,24+/m0/s1. The van der Waals surface area contributed by atoms with Crippen molar-refractivity contribution in [1.29, 1.82) is 0 Å². The van der Waals surface area contributed by atoms with Crippen LogP contribution in [0, 0.1) is 9.74 Å². The van der Waals surface area contributed by atoms with Gasteiger partial charge in [0, 0.05) is 21.9 Å². The number of carbonyl (C=O) groups is 2. The van der Waals surface area contributed by atoms with E-state index in [0.717, 1.165) is 20.7 Å². The molecule has 8 heteroatoms. The van der Waals surface area contributed by atoms with Crippen molar-refractivity contribution in [3.8, 4) is 16.2 Å². The van der Waals surface area contributed by atoms with E-state index in [9.17, 15) is 9.59 Å². The predicted octanol–water partition coefficient (Wildman–Crippen LogP) is 5.87. The van der Waals surface area contributed by atoms with Gasteiger partial charge in [-0.05, 0) is 68.5 Å². The number of carbonyl (C=O) groups excluding carboxylic acids is 2. The number of allylic oxidation sites excluding steroid dienone is 1. The zero-order valence-corrected chi connectivity index (χ0v) is 19.9. The zero-order chi connectivity index (χ0) is 22.5. The Morgan fingerprint density at radius 2 is 2.06 bits per heavy atom. The maximum absolute atomic E-state index is 12.9. The van der Waals surface area contributed by atoms with E-state index >= 15 is 0 Å². The normalized spacial score (nSPS) is 31.0. The molecule has 1 aliphatic carbocycles. The summed E-state index contributed by atoms with van der Waals surface area (Å²) in [6, 6.07) is 9.43. The van der Waals surface area contributed by atoms with Crippen LogP contribution in [0.15, 0.2) is 54.1 Å². The topological polar surface area (TPSA) is 65.1 Å². The maximum Gasteiger partial charge on any atom is 0.339 e. The van der Waals surface area contributed by atoms with E-state index in [0.29, 0.717) is 36.2 Å².